The summed E-state index contributed by atoms with van der Waals surface area (Å²) in [6.07, 6.45) is 0. The van der Waals surface area contributed by atoms with Crippen molar-refractivity contribution in [2.24, 2.45) is 0 Å². The van der Waals surface area contributed by atoms with Crippen LogP contribution in [0.1, 0.15) is 5.76 Å². The molecule has 0 bridgehead atoms. The summed E-state index contributed by atoms with van der Waals surface area (Å²) in [4.78, 5) is 21.9. The SMILES string of the molecule is Cc1cc(NC(=O)NCCNc2ccccc2[N+](=O)[O-])no1. The molecule has 9 heteroatoms. The molecule has 2 rings (SSSR count). The average Bonchev–Trinajstić information content (AvgIpc) is 2.89. The molecule has 0 aliphatic heterocycles. The van der Waals surface area contributed by atoms with E-state index in [0.717, 1.165) is 0 Å². The molecule has 0 fully saturated rings. The van der Waals surface area contributed by atoms with Crippen molar-refractivity contribution in [2.75, 3.05) is 23.7 Å². The van der Waals surface area contributed by atoms with Gasteiger partial charge in [0.05, 0.1) is 4.92 Å². The van der Waals surface area contributed by atoms with E-state index in [-0.39, 0.29) is 12.2 Å². The van der Waals surface area contributed by atoms with Crippen molar-refractivity contribution in [2.45, 2.75) is 6.92 Å². The minimum Gasteiger partial charge on any atom is -0.378 e. The van der Waals surface area contributed by atoms with Crippen molar-refractivity contribution in [1.82, 2.24) is 10.5 Å². The molecule has 1 heterocycles. The Morgan fingerprint density at radius 1 is 1.36 bits per heavy atom. The summed E-state index contributed by atoms with van der Waals surface area (Å²) in [5, 5.41) is 22.5. The number of anilines is 2. The van der Waals surface area contributed by atoms with Gasteiger partial charge >= 0.3 is 6.03 Å². The number of aryl methyl sites for hydroxylation is 1. The number of carbonyl (C=O) groups is 1. The molecule has 0 aliphatic rings. The summed E-state index contributed by atoms with van der Waals surface area (Å²) in [5.74, 6) is 0.912. The Hall–Kier alpha value is -3.10. The third-order valence-corrected chi connectivity index (χ3v) is 2.70. The number of urea groups is 1. The van der Waals surface area contributed by atoms with E-state index in [9.17, 15) is 14.9 Å². The van der Waals surface area contributed by atoms with E-state index in [1.165, 1.54) is 6.07 Å². The highest BCUT2D eigenvalue weighted by Gasteiger charge is 2.11. The number of nitro benzene ring substituents is 1. The lowest BCUT2D eigenvalue weighted by Crippen LogP contribution is -2.32. The van der Waals surface area contributed by atoms with Gasteiger partial charge < -0.3 is 15.2 Å². The molecule has 22 heavy (non-hydrogen) atoms. The zero-order chi connectivity index (χ0) is 15.9. The quantitative estimate of drug-likeness (QED) is 0.427. The first-order valence-electron chi connectivity index (χ1n) is 6.51. The number of amides is 2. The zero-order valence-electron chi connectivity index (χ0n) is 11.8. The van der Waals surface area contributed by atoms with Crippen LogP contribution in [0.3, 0.4) is 0 Å². The molecule has 2 amide bonds. The Morgan fingerprint density at radius 2 is 2.14 bits per heavy atom. The number of nitro groups is 1. The number of benzene rings is 1. The molecule has 1 aromatic heterocycles. The minimum absolute atomic E-state index is 0.00924. The van der Waals surface area contributed by atoms with E-state index in [4.69, 9.17) is 4.52 Å². The summed E-state index contributed by atoms with van der Waals surface area (Å²) in [7, 11) is 0. The summed E-state index contributed by atoms with van der Waals surface area (Å²) < 4.78 is 4.82. The van der Waals surface area contributed by atoms with E-state index < -0.39 is 11.0 Å². The first-order valence-corrected chi connectivity index (χ1v) is 6.51. The van der Waals surface area contributed by atoms with Crippen LogP contribution < -0.4 is 16.0 Å². The van der Waals surface area contributed by atoms with Crippen molar-refractivity contribution in [3.63, 3.8) is 0 Å². The molecule has 0 aliphatic carbocycles. The predicted octanol–water partition coefficient (Wildman–Crippen LogP) is 2.12. The lowest BCUT2D eigenvalue weighted by atomic mass is 10.2. The van der Waals surface area contributed by atoms with E-state index in [2.05, 4.69) is 21.1 Å². The van der Waals surface area contributed by atoms with Crippen molar-refractivity contribution < 1.29 is 14.2 Å². The molecule has 0 saturated carbocycles. The van der Waals surface area contributed by atoms with E-state index in [0.29, 0.717) is 23.8 Å². The van der Waals surface area contributed by atoms with Gasteiger partial charge in [0.25, 0.3) is 5.69 Å². The van der Waals surface area contributed by atoms with Gasteiger partial charge in [0, 0.05) is 25.2 Å². The van der Waals surface area contributed by atoms with Gasteiger partial charge in [-0.3, -0.25) is 15.4 Å². The molecular weight excluding hydrogens is 290 g/mol. The summed E-state index contributed by atoms with van der Waals surface area (Å²) in [6, 6.07) is 7.46. The van der Waals surface area contributed by atoms with E-state index in [1.807, 2.05) is 0 Å². The van der Waals surface area contributed by atoms with Gasteiger partial charge in [-0.1, -0.05) is 17.3 Å². The Balaban J connectivity index is 1.75. The van der Waals surface area contributed by atoms with Crippen LogP contribution in [0.2, 0.25) is 0 Å². The highest BCUT2D eigenvalue weighted by atomic mass is 16.6. The van der Waals surface area contributed by atoms with Gasteiger partial charge in [-0.15, -0.1) is 0 Å². The summed E-state index contributed by atoms with van der Waals surface area (Å²) in [5.41, 5.74) is 0.395. The van der Waals surface area contributed by atoms with Crippen LogP contribution in [0.25, 0.3) is 0 Å². The van der Waals surface area contributed by atoms with Crippen molar-refractivity contribution in [3.05, 3.63) is 46.2 Å². The Bertz CT molecular complexity index is 670. The van der Waals surface area contributed by atoms with Crippen LogP contribution in [0.5, 0.6) is 0 Å². The van der Waals surface area contributed by atoms with Gasteiger partial charge in [0.2, 0.25) is 0 Å². The Labute approximate surface area is 125 Å². The Morgan fingerprint density at radius 3 is 2.82 bits per heavy atom. The van der Waals surface area contributed by atoms with E-state index in [1.54, 1.807) is 31.2 Å². The maximum absolute atomic E-state index is 11.6. The van der Waals surface area contributed by atoms with Gasteiger partial charge in [0.15, 0.2) is 5.82 Å². The van der Waals surface area contributed by atoms with Gasteiger partial charge in [-0.2, -0.15) is 0 Å². The maximum Gasteiger partial charge on any atom is 0.320 e. The molecule has 2 aromatic rings. The molecule has 0 unspecified atom stereocenters. The molecule has 0 spiro atoms. The predicted molar refractivity (Wildman–Crippen MR) is 79.8 cm³/mol. The van der Waals surface area contributed by atoms with Crippen LogP contribution >= 0.6 is 0 Å². The highest BCUT2D eigenvalue weighted by Crippen LogP contribution is 2.22. The Kier molecular flexibility index (Phi) is 4.91. The monoisotopic (exact) mass is 305 g/mol. The number of nitrogens with one attached hydrogen (secondary N) is 3. The van der Waals surface area contributed by atoms with Crippen LogP contribution in [0.15, 0.2) is 34.9 Å². The lowest BCUT2D eigenvalue weighted by molar-refractivity contribution is -0.384. The lowest BCUT2D eigenvalue weighted by Gasteiger charge is -2.08. The van der Waals surface area contributed by atoms with Crippen LogP contribution in [0.4, 0.5) is 22.0 Å². The van der Waals surface area contributed by atoms with Gasteiger partial charge in [-0.25, -0.2) is 4.79 Å². The van der Waals surface area contributed by atoms with E-state index >= 15 is 0 Å². The fourth-order valence-electron chi connectivity index (χ4n) is 1.74. The molecule has 9 nitrogen and oxygen atoms in total. The van der Waals surface area contributed by atoms with Crippen molar-refractivity contribution in [3.8, 4) is 0 Å². The second-order valence-corrected chi connectivity index (χ2v) is 4.40. The molecule has 0 atom stereocenters. The smallest absolute Gasteiger partial charge is 0.320 e. The topological polar surface area (TPSA) is 122 Å². The summed E-state index contributed by atoms with van der Waals surface area (Å²) >= 11 is 0. The van der Waals surface area contributed by atoms with Crippen LogP contribution in [-0.4, -0.2) is 29.2 Å². The number of nitrogens with zero attached hydrogens (tertiary/aromatic N) is 2. The molecule has 116 valence electrons. The fourth-order valence-corrected chi connectivity index (χ4v) is 1.74. The number of carbonyl (C=O) groups excluding carboxylic acids is 1. The second kappa shape index (κ2) is 7.07. The molecule has 0 radical (unpaired) electrons. The molecule has 1 aromatic carbocycles. The standard InChI is InChI=1S/C13H15N5O4/c1-9-8-12(17-22-9)16-13(19)15-7-6-14-10-4-2-3-5-11(10)18(20)21/h2-5,8,14H,6-7H2,1H3,(H2,15,16,17,19). The van der Waals surface area contributed by atoms with Crippen molar-refractivity contribution in [1.29, 1.82) is 0 Å². The number of para-hydroxylation sites is 2. The molecule has 0 saturated heterocycles. The number of hydrogen-bond donors (Lipinski definition) is 3. The minimum atomic E-state index is -0.463. The highest BCUT2D eigenvalue weighted by molar-refractivity contribution is 5.88. The largest absolute Gasteiger partial charge is 0.378 e. The number of hydrogen-bond acceptors (Lipinski definition) is 6. The molecule has 3 N–H and O–H groups in total. The first-order chi connectivity index (χ1) is 10.6. The number of aromatic nitrogens is 1. The zero-order valence-corrected chi connectivity index (χ0v) is 11.8. The fraction of sp³-hybridized carbons (Fsp3) is 0.231. The maximum atomic E-state index is 11.6. The van der Waals surface area contributed by atoms with Crippen LogP contribution in [-0.2, 0) is 0 Å². The molecular formula is C13H15N5O4. The normalized spacial score (nSPS) is 10.0. The third-order valence-electron chi connectivity index (χ3n) is 2.70. The number of rotatable bonds is 6. The third kappa shape index (κ3) is 4.20. The van der Waals surface area contributed by atoms with Crippen molar-refractivity contribution >= 4 is 23.2 Å². The first kappa shape index (κ1) is 15.3. The summed E-state index contributed by atoms with van der Waals surface area (Å²) in [6.45, 7) is 2.34. The van der Waals surface area contributed by atoms with Gasteiger partial charge in [-0.05, 0) is 13.0 Å². The second-order valence-electron chi connectivity index (χ2n) is 4.40. The van der Waals surface area contributed by atoms with Gasteiger partial charge in [0.1, 0.15) is 11.4 Å². The van der Waals surface area contributed by atoms with Crippen LogP contribution in [0, 0.1) is 17.0 Å². The average molecular weight is 305 g/mol.